The summed E-state index contributed by atoms with van der Waals surface area (Å²) in [5.74, 6) is -1.13. The highest BCUT2D eigenvalue weighted by molar-refractivity contribution is 6.02. The van der Waals surface area contributed by atoms with Gasteiger partial charge in [0.05, 0.1) is 17.5 Å². The molecule has 0 aliphatic carbocycles. The fraction of sp³-hybridized carbons (Fsp3) is 0.273. The molecule has 0 aliphatic rings. The molecule has 1 heterocycles. The number of fused-ring (bicyclic) bond motifs is 1. The van der Waals surface area contributed by atoms with Gasteiger partial charge in [0.25, 0.3) is 0 Å². The van der Waals surface area contributed by atoms with Crippen molar-refractivity contribution in [2.45, 2.75) is 19.1 Å². The number of aromatic carboxylic acids is 1. The first-order chi connectivity index (χ1) is 8.37. The minimum Gasteiger partial charge on any atom is -0.478 e. The topological polar surface area (TPSA) is 55.1 Å². The highest BCUT2D eigenvalue weighted by Gasteiger charge is 2.26. The van der Waals surface area contributed by atoms with E-state index in [9.17, 15) is 18.0 Å². The third-order valence-corrected chi connectivity index (χ3v) is 2.45. The van der Waals surface area contributed by atoms with Gasteiger partial charge in [0.1, 0.15) is 0 Å². The van der Waals surface area contributed by atoms with Gasteiger partial charge in [0.15, 0.2) is 0 Å². The van der Waals surface area contributed by atoms with Crippen molar-refractivity contribution in [3.63, 3.8) is 0 Å². The zero-order valence-corrected chi connectivity index (χ0v) is 9.11. The molecule has 7 heteroatoms. The Morgan fingerprint density at radius 3 is 2.72 bits per heavy atom. The van der Waals surface area contributed by atoms with Crippen molar-refractivity contribution < 1.29 is 23.1 Å². The number of carboxylic acid groups (broad SMARTS) is 1. The highest BCUT2D eigenvalue weighted by Crippen LogP contribution is 2.22. The van der Waals surface area contributed by atoms with Crippen LogP contribution in [0.15, 0.2) is 24.4 Å². The Kier molecular flexibility index (Phi) is 2.98. The van der Waals surface area contributed by atoms with Gasteiger partial charge in [-0.1, -0.05) is 6.07 Å². The summed E-state index contributed by atoms with van der Waals surface area (Å²) in [5.41, 5.74) is 0.405. The van der Waals surface area contributed by atoms with Gasteiger partial charge in [-0.2, -0.15) is 18.3 Å². The number of rotatable bonds is 3. The molecule has 0 radical (unpaired) electrons. The van der Waals surface area contributed by atoms with E-state index in [-0.39, 0.29) is 12.1 Å². The van der Waals surface area contributed by atoms with Crippen molar-refractivity contribution in [3.8, 4) is 0 Å². The minimum absolute atomic E-state index is 0.0331. The van der Waals surface area contributed by atoms with E-state index in [2.05, 4.69) is 5.10 Å². The number of hydrogen-bond acceptors (Lipinski definition) is 2. The molecule has 2 aromatic rings. The van der Waals surface area contributed by atoms with Gasteiger partial charge in [-0.3, -0.25) is 4.68 Å². The number of carboxylic acids is 1. The summed E-state index contributed by atoms with van der Waals surface area (Å²) in [5, 5.41) is 13.2. The van der Waals surface area contributed by atoms with Crippen LogP contribution < -0.4 is 0 Å². The van der Waals surface area contributed by atoms with Crippen LogP contribution in [0.5, 0.6) is 0 Å². The largest absolute Gasteiger partial charge is 0.478 e. The van der Waals surface area contributed by atoms with Crippen LogP contribution in [0, 0.1) is 0 Å². The van der Waals surface area contributed by atoms with Crippen molar-refractivity contribution in [1.29, 1.82) is 0 Å². The van der Waals surface area contributed by atoms with Crippen LogP contribution in [-0.2, 0) is 6.54 Å². The summed E-state index contributed by atoms with van der Waals surface area (Å²) in [6.45, 7) is -0.322. The Morgan fingerprint density at radius 1 is 1.39 bits per heavy atom. The lowest BCUT2D eigenvalue weighted by atomic mass is 10.1. The molecule has 0 spiro atoms. The summed E-state index contributed by atoms with van der Waals surface area (Å²) in [4.78, 5) is 10.9. The fourth-order valence-electron chi connectivity index (χ4n) is 1.63. The third kappa shape index (κ3) is 2.61. The average Bonchev–Trinajstić information content (AvgIpc) is 2.67. The molecule has 2 rings (SSSR count). The summed E-state index contributed by atoms with van der Waals surface area (Å²) in [6.07, 6.45) is -3.93. The summed E-state index contributed by atoms with van der Waals surface area (Å²) in [7, 11) is 0. The Balaban J connectivity index is 2.33. The maximum Gasteiger partial charge on any atom is 0.390 e. The Morgan fingerprint density at radius 2 is 2.11 bits per heavy atom. The number of halogens is 3. The standard InChI is InChI=1S/C11H9F3N2O2/c12-11(13,14)4-5-16-6-8-7(10(17)18)2-1-3-9(8)15-16/h1-3,6H,4-5H2,(H,17,18). The first-order valence-electron chi connectivity index (χ1n) is 5.13. The molecular formula is C11H9F3N2O2. The molecule has 0 saturated carbocycles. The average molecular weight is 258 g/mol. The Labute approximate surface area is 99.6 Å². The maximum absolute atomic E-state index is 12.1. The van der Waals surface area contributed by atoms with Crippen LogP contribution in [0.4, 0.5) is 13.2 Å². The lowest BCUT2D eigenvalue weighted by Crippen LogP contribution is -2.12. The molecule has 0 bridgehead atoms. The maximum atomic E-state index is 12.1. The summed E-state index contributed by atoms with van der Waals surface area (Å²) >= 11 is 0. The van der Waals surface area contributed by atoms with Crippen molar-refractivity contribution in [2.24, 2.45) is 0 Å². The zero-order chi connectivity index (χ0) is 13.3. The van der Waals surface area contributed by atoms with E-state index >= 15 is 0 Å². The molecule has 0 atom stereocenters. The predicted octanol–water partition coefficient (Wildman–Crippen LogP) is 2.69. The number of aromatic nitrogens is 2. The van der Waals surface area contributed by atoms with E-state index in [4.69, 9.17) is 5.11 Å². The molecule has 1 aromatic carbocycles. The normalized spacial score (nSPS) is 11.9. The predicted molar refractivity (Wildman–Crippen MR) is 57.4 cm³/mol. The second-order valence-electron chi connectivity index (χ2n) is 3.80. The van der Waals surface area contributed by atoms with Gasteiger partial charge in [0, 0.05) is 18.1 Å². The number of aryl methyl sites for hydroxylation is 1. The quantitative estimate of drug-likeness (QED) is 0.920. The molecular weight excluding hydrogens is 249 g/mol. The van der Waals surface area contributed by atoms with Crippen LogP contribution in [0.3, 0.4) is 0 Å². The van der Waals surface area contributed by atoms with Crippen molar-refractivity contribution in [2.75, 3.05) is 0 Å². The minimum atomic E-state index is -4.26. The molecule has 1 aromatic heterocycles. The Hall–Kier alpha value is -2.05. The lowest BCUT2D eigenvalue weighted by molar-refractivity contribution is -0.137. The molecule has 0 saturated heterocycles. The number of hydrogen-bond donors (Lipinski definition) is 1. The first-order valence-corrected chi connectivity index (χ1v) is 5.13. The molecule has 4 nitrogen and oxygen atoms in total. The summed E-state index contributed by atoms with van der Waals surface area (Å²) in [6, 6.07) is 4.46. The van der Waals surface area contributed by atoms with Gasteiger partial charge in [0.2, 0.25) is 0 Å². The molecule has 96 valence electrons. The molecule has 0 amide bonds. The second-order valence-corrected chi connectivity index (χ2v) is 3.80. The number of benzene rings is 1. The van der Waals surface area contributed by atoms with Crippen molar-refractivity contribution in [3.05, 3.63) is 30.0 Å². The fourth-order valence-corrected chi connectivity index (χ4v) is 1.63. The number of carbonyl (C=O) groups is 1. The van der Waals surface area contributed by atoms with Gasteiger partial charge in [-0.05, 0) is 12.1 Å². The van der Waals surface area contributed by atoms with Crippen LogP contribution in [0.1, 0.15) is 16.8 Å². The van der Waals surface area contributed by atoms with Crippen LogP contribution >= 0.6 is 0 Å². The molecule has 0 aliphatic heterocycles. The van der Waals surface area contributed by atoms with Gasteiger partial charge < -0.3 is 5.11 Å². The van der Waals surface area contributed by atoms with E-state index in [1.165, 1.54) is 18.3 Å². The van der Waals surface area contributed by atoms with Gasteiger partial charge >= 0.3 is 12.1 Å². The molecule has 0 fully saturated rings. The van der Waals surface area contributed by atoms with Crippen LogP contribution in [0.2, 0.25) is 0 Å². The number of nitrogens with zero attached hydrogens (tertiary/aromatic N) is 2. The van der Waals surface area contributed by atoms with Crippen molar-refractivity contribution >= 4 is 16.9 Å². The monoisotopic (exact) mass is 258 g/mol. The SMILES string of the molecule is O=C(O)c1cccc2nn(CCC(F)(F)F)cc12. The van der Waals surface area contributed by atoms with Crippen LogP contribution in [-0.4, -0.2) is 27.0 Å². The smallest absolute Gasteiger partial charge is 0.390 e. The lowest BCUT2D eigenvalue weighted by Gasteiger charge is -2.05. The highest BCUT2D eigenvalue weighted by atomic mass is 19.4. The van der Waals surface area contributed by atoms with E-state index in [0.717, 1.165) is 4.68 Å². The molecule has 1 N–H and O–H groups in total. The van der Waals surface area contributed by atoms with E-state index in [1.54, 1.807) is 6.07 Å². The Bertz CT molecular complexity index is 589. The summed E-state index contributed by atoms with van der Waals surface area (Å²) < 4.78 is 37.3. The van der Waals surface area contributed by atoms with Gasteiger partial charge in [-0.25, -0.2) is 4.79 Å². The van der Waals surface area contributed by atoms with Crippen molar-refractivity contribution in [1.82, 2.24) is 9.78 Å². The number of alkyl halides is 3. The third-order valence-electron chi connectivity index (χ3n) is 2.45. The van der Waals surface area contributed by atoms with E-state index in [0.29, 0.717) is 10.9 Å². The van der Waals surface area contributed by atoms with Gasteiger partial charge in [-0.15, -0.1) is 0 Å². The van der Waals surface area contributed by atoms with E-state index in [1.807, 2.05) is 0 Å². The van der Waals surface area contributed by atoms with Crippen LogP contribution in [0.25, 0.3) is 10.9 Å². The van der Waals surface area contributed by atoms with E-state index < -0.39 is 18.6 Å². The second kappa shape index (κ2) is 4.32. The first kappa shape index (κ1) is 12.4. The molecule has 18 heavy (non-hydrogen) atoms. The zero-order valence-electron chi connectivity index (χ0n) is 9.11. The molecule has 0 unspecified atom stereocenters.